The van der Waals surface area contributed by atoms with Crippen molar-refractivity contribution in [3.05, 3.63) is 18.2 Å². The van der Waals surface area contributed by atoms with Crippen LogP contribution in [0.3, 0.4) is 0 Å². The number of carbonyl (C=O) groups is 1. The summed E-state index contributed by atoms with van der Waals surface area (Å²) in [5.41, 5.74) is 0.502. The lowest BCUT2D eigenvalue weighted by molar-refractivity contribution is -0.118. The second-order valence-electron chi connectivity index (χ2n) is 6.07. The largest absolute Gasteiger partial charge is 0.482 e. The van der Waals surface area contributed by atoms with Gasteiger partial charge >= 0.3 is 0 Å². The van der Waals surface area contributed by atoms with Crippen molar-refractivity contribution in [1.29, 1.82) is 0 Å². The van der Waals surface area contributed by atoms with Crippen molar-refractivity contribution >= 4 is 21.6 Å². The van der Waals surface area contributed by atoms with Gasteiger partial charge in [-0.1, -0.05) is 6.92 Å². The van der Waals surface area contributed by atoms with E-state index >= 15 is 0 Å². The van der Waals surface area contributed by atoms with Crippen LogP contribution >= 0.6 is 0 Å². The molecule has 3 rings (SSSR count). The number of hydrogen-bond donors (Lipinski definition) is 2. The summed E-state index contributed by atoms with van der Waals surface area (Å²) in [6.45, 7) is 2.10. The lowest BCUT2D eigenvalue weighted by Gasteiger charge is -2.27. The number of nitrogens with one attached hydrogen (secondary N) is 2. The number of anilines is 1. The minimum Gasteiger partial charge on any atom is -0.482 e. The second-order valence-corrected chi connectivity index (χ2v) is 7.79. The highest BCUT2D eigenvalue weighted by atomic mass is 32.2. The maximum Gasteiger partial charge on any atom is 0.262 e. The van der Waals surface area contributed by atoms with E-state index in [2.05, 4.69) is 17.0 Å². The molecule has 0 radical (unpaired) electrons. The fraction of sp³-hybridized carbons (Fsp3) is 0.533. The van der Waals surface area contributed by atoms with E-state index < -0.39 is 10.0 Å². The second kappa shape index (κ2) is 5.89. The fourth-order valence-electron chi connectivity index (χ4n) is 2.89. The van der Waals surface area contributed by atoms with E-state index in [1.54, 1.807) is 6.07 Å². The quantitative estimate of drug-likeness (QED) is 0.889. The topological polar surface area (TPSA) is 84.5 Å². The Hall–Kier alpha value is -1.60. The summed E-state index contributed by atoms with van der Waals surface area (Å²) in [6, 6.07) is 4.51. The summed E-state index contributed by atoms with van der Waals surface area (Å²) in [5, 5.41) is 2.65. The molecule has 1 amide bonds. The van der Waals surface area contributed by atoms with Crippen LogP contribution in [-0.2, 0) is 14.8 Å². The maximum atomic E-state index is 12.5. The molecule has 0 saturated heterocycles. The van der Waals surface area contributed by atoms with Crippen LogP contribution in [0.2, 0.25) is 0 Å². The van der Waals surface area contributed by atoms with E-state index in [0.717, 1.165) is 25.7 Å². The molecule has 2 aliphatic rings. The Morgan fingerprint density at radius 3 is 2.68 bits per heavy atom. The molecular weight excluding hydrogens is 304 g/mol. The third kappa shape index (κ3) is 3.25. The van der Waals surface area contributed by atoms with E-state index in [1.165, 1.54) is 12.1 Å². The van der Waals surface area contributed by atoms with Crippen LogP contribution in [0.1, 0.15) is 32.6 Å². The Kier molecular flexibility index (Phi) is 4.10. The van der Waals surface area contributed by atoms with Crippen LogP contribution in [0.5, 0.6) is 5.75 Å². The van der Waals surface area contributed by atoms with E-state index in [4.69, 9.17) is 4.74 Å². The van der Waals surface area contributed by atoms with Gasteiger partial charge in [0.15, 0.2) is 6.61 Å². The van der Waals surface area contributed by atoms with Gasteiger partial charge in [-0.15, -0.1) is 0 Å². The molecule has 0 aromatic heterocycles. The fourth-order valence-corrected chi connectivity index (χ4v) is 4.21. The smallest absolute Gasteiger partial charge is 0.262 e. The third-order valence-corrected chi connectivity index (χ3v) is 5.75. The molecule has 22 heavy (non-hydrogen) atoms. The molecule has 1 saturated carbocycles. The molecule has 1 aromatic carbocycles. The molecular formula is C15H20N2O4S. The SMILES string of the molecule is CC1CCC(NS(=O)(=O)c2ccc3c(c2)OCC(=O)N3)CC1. The zero-order chi connectivity index (χ0) is 15.7. The lowest BCUT2D eigenvalue weighted by atomic mass is 9.88. The number of carbonyl (C=O) groups excluding carboxylic acids is 1. The molecule has 1 aliphatic heterocycles. The number of amides is 1. The number of fused-ring (bicyclic) bond motifs is 1. The normalized spacial score (nSPS) is 25.0. The summed E-state index contributed by atoms with van der Waals surface area (Å²) in [5.74, 6) is 0.818. The van der Waals surface area contributed by atoms with Crippen LogP contribution in [0.25, 0.3) is 0 Å². The summed E-state index contributed by atoms with van der Waals surface area (Å²) in [7, 11) is -3.57. The van der Waals surface area contributed by atoms with Gasteiger partial charge in [-0.05, 0) is 43.7 Å². The van der Waals surface area contributed by atoms with Gasteiger partial charge in [0, 0.05) is 12.1 Å². The van der Waals surface area contributed by atoms with Crippen LogP contribution in [0.4, 0.5) is 5.69 Å². The highest BCUT2D eigenvalue weighted by molar-refractivity contribution is 7.89. The average molecular weight is 324 g/mol. The molecule has 0 bridgehead atoms. The third-order valence-electron chi connectivity index (χ3n) is 4.23. The number of benzene rings is 1. The van der Waals surface area contributed by atoms with Crippen LogP contribution < -0.4 is 14.8 Å². The first-order chi connectivity index (χ1) is 10.4. The van der Waals surface area contributed by atoms with Crippen LogP contribution in [-0.4, -0.2) is 27.0 Å². The minimum absolute atomic E-state index is 0.00199. The van der Waals surface area contributed by atoms with Gasteiger partial charge < -0.3 is 10.1 Å². The number of sulfonamides is 1. The molecule has 0 unspecified atom stereocenters. The van der Waals surface area contributed by atoms with Gasteiger partial charge in [-0.2, -0.15) is 0 Å². The molecule has 1 fully saturated rings. The Bertz CT molecular complexity index is 679. The predicted octanol–water partition coefficient (Wildman–Crippen LogP) is 1.87. The predicted molar refractivity (Wildman–Crippen MR) is 82.3 cm³/mol. The lowest BCUT2D eigenvalue weighted by Crippen LogP contribution is -2.37. The van der Waals surface area contributed by atoms with Gasteiger partial charge in [0.2, 0.25) is 10.0 Å². The van der Waals surface area contributed by atoms with E-state index in [9.17, 15) is 13.2 Å². The van der Waals surface area contributed by atoms with E-state index in [-0.39, 0.29) is 23.5 Å². The molecule has 1 aromatic rings. The number of rotatable bonds is 3. The Labute approximate surface area is 130 Å². The van der Waals surface area contributed by atoms with Gasteiger partial charge in [-0.25, -0.2) is 13.1 Å². The first kappa shape index (κ1) is 15.3. The van der Waals surface area contributed by atoms with E-state index in [1.807, 2.05) is 0 Å². The summed E-state index contributed by atoms with van der Waals surface area (Å²) in [6.07, 6.45) is 3.84. The van der Waals surface area contributed by atoms with Crippen molar-refractivity contribution in [1.82, 2.24) is 4.72 Å². The monoisotopic (exact) mass is 324 g/mol. The van der Waals surface area contributed by atoms with Crippen molar-refractivity contribution in [2.45, 2.75) is 43.5 Å². The summed E-state index contributed by atoms with van der Waals surface area (Å²) in [4.78, 5) is 11.4. The zero-order valence-electron chi connectivity index (χ0n) is 12.5. The number of ether oxygens (including phenoxy) is 1. The van der Waals surface area contributed by atoms with Crippen molar-refractivity contribution in [2.24, 2.45) is 5.92 Å². The van der Waals surface area contributed by atoms with Gasteiger partial charge in [0.05, 0.1) is 10.6 Å². The minimum atomic E-state index is -3.57. The summed E-state index contributed by atoms with van der Waals surface area (Å²) < 4.78 is 33.0. The first-order valence-corrected chi connectivity index (χ1v) is 9.01. The maximum absolute atomic E-state index is 12.5. The first-order valence-electron chi connectivity index (χ1n) is 7.53. The average Bonchev–Trinajstić information content (AvgIpc) is 2.49. The van der Waals surface area contributed by atoms with Gasteiger partial charge in [0.1, 0.15) is 5.75 Å². The Morgan fingerprint density at radius 1 is 1.23 bits per heavy atom. The molecule has 0 atom stereocenters. The zero-order valence-corrected chi connectivity index (χ0v) is 13.3. The molecule has 2 N–H and O–H groups in total. The molecule has 1 heterocycles. The van der Waals surface area contributed by atoms with Crippen LogP contribution in [0, 0.1) is 5.92 Å². The van der Waals surface area contributed by atoms with Crippen molar-refractivity contribution in [3.8, 4) is 5.75 Å². The number of hydrogen-bond acceptors (Lipinski definition) is 4. The molecule has 7 heteroatoms. The highest BCUT2D eigenvalue weighted by Crippen LogP contribution is 2.31. The van der Waals surface area contributed by atoms with Crippen molar-refractivity contribution in [3.63, 3.8) is 0 Å². The van der Waals surface area contributed by atoms with Crippen LogP contribution in [0.15, 0.2) is 23.1 Å². The summed E-state index contributed by atoms with van der Waals surface area (Å²) >= 11 is 0. The Balaban J connectivity index is 1.76. The van der Waals surface area contributed by atoms with E-state index in [0.29, 0.717) is 17.4 Å². The molecule has 6 nitrogen and oxygen atoms in total. The van der Waals surface area contributed by atoms with Gasteiger partial charge in [0.25, 0.3) is 5.91 Å². The molecule has 120 valence electrons. The standard InChI is InChI=1S/C15H20N2O4S/c1-10-2-4-11(5-3-10)17-22(19,20)12-6-7-13-14(8-12)21-9-15(18)16-13/h6-8,10-11,17H,2-5,9H2,1H3,(H,16,18). The molecule has 0 spiro atoms. The molecule has 1 aliphatic carbocycles. The van der Waals surface area contributed by atoms with Crippen molar-refractivity contribution in [2.75, 3.05) is 11.9 Å². The van der Waals surface area contributed by atoms with Crippen molar-refractivity contribution < 1.29 is 17.9 Å². The Morgan fingerprint density at radius 2 is 1.95 bits per heavy atom. The highest BCUT2D eigenvalue weighted by Gasteiger charge is 2.25. The van der Waals surface area contributed by atoms with Gasteiger partial charge in [-0.3, -0.25) is 4.79 Å².